The molecule has 0 aliphatic carbocycles. The summed E-state index contributed by atoms with van der Waals surface area (Å²) in [4.78, 5) is 10.1. The van der Waals surface area contributed by atoms with Crippen molar-refractivity contribution in [3.8, 4) is 0 Å². The molecule has 0 aromatic heterocycles. The Hall–Kier alpha value is -1.21. The predicted molar refractivity (Wildman–Crippen MR) is 48.3 cm³/mol. The molecule has 13 heavy (non-hydrogen) atoms. The van der Waals surface area contributed by atoms with E-state index in [4.69, 9.17) is 0 Å². The normalized spacial score (nSPS) is 14.5. The number of hydrogen-bond donors (Lipinski definition) is 0. The van der Waals surface area contributed by atoms with E-state index < -0.39 is 13.9 Å². The van der Waals surface area contributed by atoms with E-state index in [0.29, 0.717) is 0 Å². The van der Waals surface area contributed by atoms with Crippen molar-refractivity contribution in [2.45, 2.75) is 4.90 Å². The lowest BCUT2D eigenvalue weighted by Crippen LogP contribution is -2.09. The molecule has 0 N–H and O–H groups in total. The number of rotatable bonds is 3. The summed E-state index contributed by atoms with van der Waals surface area (Å²) in [5, 5.41) is 8.78. The van der Waals surface area contributed by atoms with Crippen molar-refractivity contribution >= 4 is 20.0 Å². The SMILES string of the molecule is O=[N+]([O-])OS(=O)(=S)c1ccccc1. The molecule has 0 amide bonds. The van der Waals surface area contributed by atoms with Crippen LogP contribution in [-0.4, -0.2) is 9.30 Å². The molecule has 1 atom stereocenters. The minimum absolute atomic E-state index is 0.127. The standard InChI is InChI=1S/C6H5NO4S2/c8-7(9)11-13(10,12)6-4-2-1-3-5-6/h1-5H. The van der Waals surface area contributed by atoms with Gasteiger partial charge in [0.1, 0.15) is 0 Å². The Kier molecular flexibility index (Phi) is 2.79. The maximum atomic E-state index is 11.3. The Balaban J connectivity index is 3.02. The Morgan fingerprint density at radius 3 is 2.38 bits per heavy atom. The van der Waals surface area contributed by atoms with E-state index in [1.165, 1.54) is 12.1 Å². The van der Waals surface area contributed by atoms with E-state index >= 15 is 0 Å². The Morgan fingerprint density at radius 2 is 1.92 bits per heavy atom. The second-order valence-corrected chi connectivity index (χ2v) is 4.91. The summed E-state index contributed by atoms with van der Waals surface area (Å²) in [5.41, 5.74) is 0. The van der Waals surface area contributed by atoms with Gasteiger partial charge in [-0.05, 0) is 12.1 Å². The summed E-state index contributed by atoms with van der Waals surface area (Å²) in [6.07, 6.45) is 0. The zero-order valence-electron chi connectivity index (χ0n) is 6.28. The molecule has 0 saturated heterocycles. The van der Waals surface area contributed by atoms with E-state index in [1.54, 1.807) is 18.2 Å². The Bertz CT molecular complexity index is 400. The van der Waals surface area contributed by atoms with Gasteiger partial charge in [-0.25, -0.2) is 8.49 Å². The molecule has 70 valence electrons. The molecule has 0 radical (unpaired) electrons. The first-order valence-electron chi connectivity index (χ1n) is 3.16. The Labute approximate surface area is 79.3 Å². The zero-order chi connectivity index (χ0) is 9.90. The summed E-state index contributed by atoms with van der Waals surface area (Å²) in [6.45, 7) is 0. The second kappa shape index (κ2) is 3.67. The van der Waals surface area contributed by atoms with Gasteiger partial charge in [0.2, 0.25) is 8.77 Å². The molecule has 0 saturated carbocycles. The molecular formula is C6H5NO4S2. The molecular weight excluding hydrogens is 214 g/mol. The number of benzene rings is 1. The van der Waals surface area contributed by atoms with Crippen molar-refractivity contribution in [1.29, 1.82) is 0 Å². The van der Waals surface area contributed by atoms with E-state index in [2.05, 4.69) is 15.5 Å². The third-order valence-corrected chi connectivity index (χ3v) is 3.12. The molecule has 0 bridgehead atoms. The monoisotopic (exact) mass is 219 g/mol. The summed E-state index contributed by atoms with van der Waals surface area (Å²) < 4.78 is 15.2. The third kappa shape index (κ3) is 2.63. The fraction of sp³-hybridized carbons (Fsp3) is 0. The van der Waals surface area contributed by atoms with Crippen LogP contribution in [0.4, 0.5) is 0 Å². The van der Waals surface area contributed by atoms with Crippen LogP contribution in [0.2, 0.25) is 0 Å². The van der Waals surface area contributed by atoms with E-state index in [0.717, 1.165) is 0 Å². The van der Waals surface area contributed by atoms with E-state index in [1.807, 2.05) is 0 Å². The Morgan fingerprint density at radius 1 is 1.38 bits per heavy atom. The fourth-order valence-electron chi connectivity index (χ4n) is 0.710. The van der Waals surface area contributed by atoms with Gasteiger partial charge in [0.25, 0.3) is 0 Å². The molecule has 1 rings (SSSR count). The lowest BCUT2D eigenvalue weighted by atomic mass is 10.4. The predicted octanol–water partition coefficient (Wildman–Crippen LogP) is 0.915. The van der Waals surface area contributed by atoms with E-state index in [-0.39, 0.29) is 4.90 Å². The van der Waals surface area contributed by atoms with Crippen LogP contribution in [0.15, 0.2) is 35.2 Å². The number of nitrogens with zero attached hydrogens (tertiary/aromatic N) is 1. The lowest BCUT2D eigenvalue weighted by molar-refractivity contribution is -0.710. The van der Waals surface area contributed by atoms with Crippen LogP contribution in [0.1, 0.15) is 0 Å². The third-order valence-electron chi connectivity index (χ3n) is 1.19. The largest absolute Gasteiger partial charge is 0.309 e. The molecule has 0 fully saturated rings. The highest BCUT2D eigenvalue weighted by molar-refractivity contribution is 8.30. The van der Waals surface area contributed by atoms with Crippen molar-refractivity contribution in [3.05, 3.63) is 40.4 Å². The topological polar surface area (TPSA) is 69.4 Å². The first kappa shape index (κ1) is 9.87. The van der Waals surface area contributed by atoms with Crippen LogP contribution in [0.3, 0.4) is 0 Å². The highest BCUT2D eigenvalue weighted by Crippen LogP contribution is 2.11. The van der Waals surface area contributed by atoms with Gasteiger partial charge in [-0.15, -0.1) is 10.1 Å². The van der Waals surface area contributed by atoms with Gasteiger partial charge in [-0.3, -0.25) is 0 Å². The van der Waals surface area contributed by atoms with E-state index in [9.17, 15) is 14.3 Å². The van der Waals surface area contributed by atoms with Gasteiger partial charge in [-0.2, -0.15) is 0 Å². The highest BCUT2D eigenvalue weighted by Gasteiger charge is 2.13. The van der Waals surface area contributed by atoms with Crippen molar-refractivity contribution in [3.63, 3.8) is 0 Å². The first-order chi connectivity index (χ1) is 6.02. The minimum atomic E-state index is -3.43. The summed E-state index contributed by atoms with van der Waals surface area (Å²) in [6, 6.07) is 7.66. The maximum absolute atomic E-state index is 11.3. The average Bonchev–Trinajstić information content (AvgIpc) is 2.04. The summed E-state index contributed by atoms with van der Waals surface area (Å²) >= 11 is 4.45. The van der Waals surface area contributed by atoms with Gasteiger partial charge in [0.05, 0.1) is 4.90 Å². The highest BCUT2D eigenvalue weighted by atomic mass is 32.8. The van der Waals surface area contributed by atoms with Gasteiger partial charge in [-0.1, -0.05) is 18.2 Å². The number of hydrogen-bond acceptors (Lipinski definition) is 5. The molecule has 1 aromatic carbocycles. The smallest absolute Gasteiger partial charge is 0.225 e. The molecule has 7 heteroatoms. The van der Waals surface area contributed by atoms with Crippen LogP contribution in [0.25, 0.3) is 0 Å². The van der Waals surface area contributed by atoms with Crippen molar-refractivity contribution in [2.24, 2.45) is 0 Å². The quantitative estimate of drug-likeness (QED) is 0.558. The van der Waals surface area contributed by atoms with Crippen LogP contribution < -0.4 is 0 Å². The van der Waals surface area contributed by atoms with Crippen molar-refractivity contribution in [2.75, 3.05) is 0 Å². The van der Waals surface area contributed by atoms with Gasteiger partial charge >= 0.3 is 5.09 Å². The first-order valence-corrected chi connectivity index (χ1v) is 5.57. The lowest BCUT2D eigenvalue weighted by Gasteiger charge is -2.02. The molecule has 0 heterocycles. The van der Waals surface area contributed by atoms with Crippen molar-refractivity contribution < 1.29 is 13.6 Å². The van der Waals surface area contributed by atoms with Crippen molar-refractivity contribution in [1.82, 2.24) is 0 Å². The van der Waals surface area contributed by atoms with Gasteiger partial charge in [0.15, 0.2) is 0 Å². The van der Waals surface area contributed by atoms with Crippen LogP contribution >= 0.6 is 0 Å². The molecule has 0 aliphatic heterocycles. The fourth-order valence-corrected chi connectivity index (χ4v) is 1.93. The zero-order valence-corrected chi connectivity index (χ0v) is 7.92. The minimum Gasteiger partial charge on any atom is -0.225 e. The average molecular weight is 219 g/mol. The van der Waals surface area contributed by atoms with Gasteiger partial charge in [0, 0.05) is 11.2 Å². The molecule has 1 unspecified atom stereocenters. The summed E-state index contributed by atoms with van der Waals surface area (Å²) in [7, 11) is -3.43. The molecule has 5 nitrogen and oxygen atoms in total. The second-order valence-electron chi connectivity index (χ2n) is 2.07. The van der Waals surface area contributed by atoms with Gasteiger partial charge < -0.3 is 0 Å². The maximum Gasteiger partial charge on any atom is 0.309 e. The summed E-state index contributed by atoms with van der Waals surface area (Å²) in [5.74, 6) is 0. The molecule has 0 spiro atoms. The molecule has 1 aromatic rings. The molecule has 0 aliphatic rings. The van der Waals surface area contributed by atoms with Crippen LogP contribution in [-0.2, 0) is 24.2 Å². The van der Waals surface area contributed by atoms with Crippen LogP contribution in [0, 0.1) is 10.1 Å². The van der Waals surface area contributed by atoms with Crippen LogP contribution in [0.5, 0.6) is 0 Å².